The standard InChI is InChI=1S/C22H19NO5/c1-16(27-21(24)14-13-18-8-5-15-26-18)22(25)23-17-9-11-20(12-10-17)28-19-6-3-2-4-7-19/h2-16H,1H3,(H,23,25). The van der Waals surface area contributed by atoms with Crippen LogP contribution in [0, 0.1) is 0 Å². The number of ether oxygens (including phenoxy) is 2. The minimum Gasteiger partial charge on any atom is -0.465 e. The number of para-hydroxylation sites is 1. The van der Waals surface area contributed by atoms with Crippen LogP contribution in [0.4, 0.5) is 5.69 Å². The van der Waals surface area contributed by atoms with Crippen molar-refractivity contribution in [3.63, 3.8) is 0 Å². The number of carbonyl (C=O) groups excluding carboxylic acids is 2. The van der Waals surface area contributed by atoms with Crippen LogP contribution in [0.5, 0.6) is 11.5 Å². The first-order valence-electron chi connectivity index (χ1n) is 8.66. The fourth-order valence-corrected chi connectivity index (χ4v) is 2.28. The second-order valence-electron chi connectivity index (χ2n) is 5.86. The topological polar surface area (TPSA) is 77.8 Å². The Morgan fingerprint density at radius 1 is 0.964 bits per heavy atom. The molecule has 6 nitrogen and oxygen atoms in total. The number of amides is 1. The van der Waals surface area contributed by atoms with E-state index in [-0.39, 0.29) is 0 Å². The van der Waals surface area contributed by atoms with Gasteiger partial charge in [-0.25, -0.2) is 4.79 Å². The minimum absolute atomic E-state index is 0.434. The summed E-state index contributed by atoms with van der Waals surface area (Å²) < 4.78 is 15.9. The Bertz CT molecular complexity index is 931. The van der Waals surface area contributed by atoms with Crippen molar-refractivity contribution >= 4 is 23.6 Å². The molecule has 3 rings (SSSR count). The van der Waals surface area contributed by atoms with Crippen molar-refractivity contribution in [3.8, 4) is 11.5 Å². The lowest BCUT2D eigenvalue weighted by atomic mass is 10.2. The maximum atomic E-state index is 12.2. The van der Waals surface area contributed by atoms with Gasteiger partial charge in [0.15, 0.2) is 6.10 Å². The molecular weight excluding hydrogens is 358 g/mol. The Balaban J connectivity index is 1.50. The zero-order chi connectivity index (χ0) is 19.8. The van der Waals surface area contributed by atoms with Gasteiger partial charge in [0.05, 0.1) is 6.26 Å². The first kappa shape index (κ1) is 19.0. The van der Waals surface area contributed by atoms with Gasteiger partial charge in [0.2, 0.25) is 0 Å². The molecule has 142 valence electrons. The van der Waals surface area contributed by atoms with E-state index in [0.29, 0.717) is 17.2 Å². The molecular formula is C22H19NO5. The highest BCUT2D eigenvalue weighted by molar-refractivity contribution is 5.96. The summed E-state index contributed by atoms with van der Waals surface area (Å²) in [6.07, 6.45) is 3.22. The van der Waals surface area contributed by atoms with Gasteiger partial charge in [0.1, 0.15) is 17.3 Å². The van der Waals surface area contributed by atoms with Crippen molar-refractivity contribution in [3.05, 3.63) is 84.8 Å². The predicted molar refractivity (Wildman–Crippen MR) is 105 cm³/mol. The molecule has 0 aliphatic carbocycles. The third-order valence-corrected chi connectivity index (χ3v) is 3.69. The molecule has 0 saturated heterocycles. The second kappa shape index (κ2) is 9.23. The van der Waals surface area contributed by atoms with Gasteiger partial charge >= 0.3 is 5.97 Å². The molecule has 0 aliphatic rings. The molecule has 0 saturated carbocycles. The number of furan rings is 1. The molecule has 1 N–H and O–H groups in total. The van der Waals surface area contributed by atoms with Crippen molar-refractivity contribution in [2.24, 2.45) is 0 Å². The molecule has 28 heavy (non-hydrogen) atoms. The Hall–Kier alpha value is -3.80. The fraction of sp³-hybridized carbons (Fsp3) is 0.0909. The van der Waals surface area contributed by atoms with Gasteiger partial charge in [0.25, 0.3) is 5.91 Å². The average molecular weight is 377 g/mol. The molecule has 6 heteroatoms. The van der Waals surface area contributed by atoms with E-state index < -0.39 is 18.0 Å². The summed E-state index contributed by atoms with van der Waals surface area (Å²) >= 11 is 0. The van der Waals surface area contributed by atoms with Gasteiger partial charge in [-0.15, -0.1) is 0 Å². The van der Waals surface area contributed by atoms with Gasteiger partial charge in [-0.05, 0) is 61.5 Å². The lowest BCUT2D eigenvalue weighted by molar-refractivity contribution is -0.148. The van der Waals surface area contributed by atoms with Crippen LogP contribution in [0.15, 0.2) is 83.5 Å². The van der Waals surface area contributed by atoms with Crippen LogP contribution < -0.4 is 10.1 Å². The third kappa shape index (κ3) is 5.60. The molecule has 2 aromatic carbocycles. The van der Waals surface area contributed by atoms with Crippen molar-refractivity contribution in [2.75, 3.05) is 5.32 Å². The Labute approximate surface area is 162 Å². The summed E-state index contributed by atoms with van der Waals surface area (Å²) in [5.41, 5.74) is 0.569. The third-order valence-electron chi connectivity index (χ3n) is 3.69. The van der Waals surface area contributed by atoms with Crippen LogP contribution in [0.1, 0.15) is 12.7 Å². The summed E-state index contributed by atoms with van der Waals surface area (Å²) in [7, 11) is 0. The van der Waals surface area contributed by atoms with Gasteiger partial charge in [0, 0.05) is 11.8 Å². The van der Waals surface area contributed by atoms with Crippen molar-refractivity contribution in [1.29, 1.82) is 0 Å². The van der Waals surface area contributed by atoms with Crippen LogP contribution in [0.2, 0.25) is 0 Å². The first-order valence-corrected chi connectivity index (χ1v) is 8.66. The van der Waals surface area contributed by atoms with E-state index in [0.717, 1.165) is 5.75 Å². The van der Waals surface area contributed by atoms with E-state index in [1.165, 1.54) is 25.3 Å². The maximum absolute atomic E-state index is 12.2. The number of hydrogen-bond donors (Lipinski definition) is 1. The Morgan fingerprint density at radius 2 is 1.68 bits per heavy atom. The predicted octanol–water partition coefficient (Wildman–Crippen LogP) is 4.66. The number of hydrogen-bond acceptors (Lipinski definition) is 5. The normalized spacial score (nSPS) is 11.8. The van der Waals surface area contributed by atoms with E-state index in [2.05, 4.69) is 5.32 Å². The summed E-state index contributed by atoms with van der Waals surface area (Å²) in [6.45, 7) is 1.50. The lowest BCUT2D eigenvalue weighted by Gasteiger charge is -2.13. The highest BCUT2D eigenvalue weighted by atomic mass is 16.5. The lowest BCUT2D eigenvalue weighted by Crippen LogP contribution is -2.29. The molecule has 0 radical (unpaired) electrons. The van der Waals surface area contributed by atoms with Crippen LogP contribution in [-0.4, -0.2) is 18.0 Å². The molecule has 1 aromatic heterocycles. The number of rotatable bonds is 7. The highest BCUT2D eigenvalue weighted by Gasteiger charge is 2.16. The summed E-state index contributed by atoms with van der Waals surface area (Å²) in [6, 6.07) is 19.7. The zero-order valence-corrected chi connectivity index (χ0v) is 15.2. The first-order chi connectivity index (χ1) is 13.6. The molecule has 1 atom stereocenters. The van der Waals surface area contributed by atoms with E-state index in [1.807, 2.05) is 30.3 Å². The van der Waals surface area contributed by atoms with Gasteiger partial charge in [-0.2, -0.15) is 0 Å². The van der Waals surface area contributed by atoms with Crippen molar-refractivity contribution in [2.45, 2.75) is 13.0 Å². The average Bonchev–Trinajstić information content (AvgIpc) is 3.22. The molecule has 0 aliphatic heterocycles. The monoisotopic (exact) mass is 377 g/mol. The molecule has 0 spiro atoms. The highest BCUT2D eigenvalue weighted by Crippen LogP contribution is 2.22. The van der Waals surface area contributed by atoms with Crippen LogP contribution in [-0.2, 0) is 14.3 Å². The quantitative estimate of drug-likeness (QED) is 0.479. The Kier molecular flexibility index (Phi) is 6.25. The number of carbonyl (C=O) groups is 2. The number of benzene rings is 2. The molecule has 1 heterocycles. The SMILES string of the molecule is CC(OC(=O)C=Cc1ccco1)C(=O)Nc1ccc(Oc2ccccc2)cc1. The summed E-state index contributed by atoms with van der Waals surface area (Å²) in [5, 5.41) is 2.69. The van der Waals surface area contributed by atoms with Crippen molar-refractivity contribution in [1.82, 2.24) is 0 Å². The van der Waals surface area contributed by atoms with E-state index in [4.69, 9.17) is 13.9 Å². The van der Waals surface area contributed by atoms with Crippen LogP contribution >= 0.6 is 0 Å². The number of anilines is 1. The second-order valence-corrected chi connectivity index (χ2v) is 5.86. The minimum atomic E-state index is -0.950. The van der Waals surface area contributed by atoms with Crippen LogP contribution in [0.25, 0.3) is 6.08 Å². The summed E-state index contributed by atoms with van der Waals surface area (Å²) in [5.74, 6) is 0.822. The van der Waals surface area contributed by atoms with E-state index in [9.17, 15) is 9.59 Å². The molecule has 3 aromatic rings. The maximum Gasteiger partial charge on any atom is 0.331 e. The largest absolute Gasteiger partial charge is 0.465 e. The van der Waals surface area contributed by atoms with Crippen molar-refractivity contribution < 1.29 is 23.5 Å². The number of esters is 1. The molecule has 1 unspecified atom stereocenters. The summed E-state index contributed by atoms with van der Waals surface area (Å²) in [4.78, 5) is 24.0. The molecule has 0 fully saturated rings. The molecule has 1 amide bonds. The number of nitrogens with one attached hydrogen (secondary N) is 1. The smallest absolute Gasteiger partial charge is 0.331 e. The van der Waals surface area contributed by atoms with Gasteiger partial charge in [-0.1, -0.05) is 18.2 Å². The Morgan fingerprint density at radius 3 is 2.36 bits per heavy atom. The zero-order valence-electron chi connectivity index (χ0n) is 15.2. The van der Waals surface area contributed by atoms with Gasteiger partial charge in [-0.3, -0.25) is 4.79 Å². The van der Waals surface area contributed by atoms with Gasteiger partial charge < -0.3 is 19.2 Å². The fourth-order valence-electron chi connectivity index (χ4n) is 2.28. The molecule has 0 bridgehead atoms. The van der Waals surface area contributed by atoms with E-state index in [1.54, 1.807) is 36.4 Å². The van der Waals surface area contributed by atoms with Crippen LogP contribution in [0.3, 0.4) is 0 Å². The van der Waals surface area contributed by atoms with E-state index >= 15 is 0 Å².